The van der Waals surface area contributed by atoms with E-state index in [1.54, 1.807) is 12.1 Å². The van der Waals surface area contributed by atoms with Gasteiger partial charge in [-0.3, -0.25) is 0 Å². The zero-order valence-corrected chi connectivity index (χ0v) is 11.2. The third-order valence-electron chi connectivity index (χ3n) is 2.64. The minimum Gasteiger partial charge on any atom is -0.362 e. The Morgan fingerprint density at radius 1 is 1.26 bits per heavy atom. The fourth-order valence-electron chi connectivity index (χ4n) is 1.63. The highest BCUT2D eigenvalue weighted by Gasteiger charge is 2.04. The maximum atomic E-state index is 12.8. The minimum atomic E-state index is -0.241. The number of unbranched alkanes of at least 4 members (excludes halogenated alkanes) is 2. The number of hydrogen-bond donors (Lipinski definition) is 1. The van der Waals surface area contributed by atoms with E-state index in [0.717, 1.165) is 35.8 Å². The van der Waals surface area contributed by atoms with Gasteiger partial charge in [0.1, 0.15) is 5.82 Å². The number of aromatic nitrogens is 1. The molecule has 0 spiro atoms. The molecule has 1 N–H and O–H groups in total. The maximum Gasteiger partial charge on any atom is 0.183 e. The molecule has 5 heteroatoms. The van der Waals surface area contributed by atoms with Gasteiger partial charge < -0.3 is 5.32 Å². The molecule has 19 heavy (non-hydrogen) atoms. The summed E-state index contributed by atoms with van der Waals surface area (Å²) >= 11 is 1.53. The van der Waals surface area contributed by atoms with Crippen LogP contribution in [-0.4, -0.2) is 11.5 Å². The molecule has 0 atom stereocenters. The predicted octanol–water partition coefficient (Wildman–Crippen LogP) is 4.05. The highest BCUT2D eigenvalue weighted by Crippen LogP contribution is 2.24. The molecular weight excluding hydrogens is 261 g/mol. The van der Waals surface area contributed by atoms with Crippen LogP contribution in [0, 0.1) is 17.1 Å². The predicted molar refractivity (Wildman–Crippen MR) is 75.5 cm³/mol. The summed E-state index contributed by atoms with van der Waals surface area (Å²) in [6, 6.07) is 8.44. The number of halogens is 1. The summed E-state index contributed by atoms with van der Waals surface area (Å²) in [5.74, 6) is -0.241. The molecule has 0 bridgehead atoms. The molecule has 0 aliphatic heterocycles. The Balaban J connectivity index is 1.88. The van der Waals surface area contributed by atoms with Crippen molar-refractivity contribution in [3.63, 3.8) is 0 Å². The van der Waals surface area contributed by atoms with Crippen molar-refractivity contribution < 1.29 is 4.39 Å². The molecule has 1 aromatic heterocycles. The number of hydrogen-bond acceptors (Lipinski definition) is 4. The first kappa shape index (κ1) is 13.5. The van der Waals surface area contributed by atoms with Crippen LogP contribution in [0.4, 0.5) is 9.52 Å². The summed E-state index contributed by atoms with van der Waals surface area (Å²) in [5, 5.41) is 14.5. The van der Waals surface area contributed by atoms with E-state index < -0.39 is 0 Å². The highest BCUT2D eigenvalue weighted by molar-refractivity contribution is 7.14. The van der Waals surface area contributed by atoms with Crippen LogP contribution < -0.4 is 5.32 Å². The minimum absolute atomic E-state index is 0.241. The number of thiazole rings is 1. The SMILES string of the molecule is N#CCCCCNc1nc(-c2ccc(F)cc2)cs1. The molecular formula is C14H14FN3S. The van der Waals surface area contributed by atoms with Crippen LogP contribution >= 0.6 is 11.3 Å². The molecule has 1 heterocycles. The zero-order chi connectivity index (χ0) is 13.5. The molecule has 0 aliphatic carbocycles. The number of anilines is 1. The van der Waals surface area contributed by atoms with Gasteiger partial charge in [0.15, 0.2) is 5.13 Å². The molecule has 0 saturated heterocycles. The molecule has 0 radical (unpaired) electrons. The second-order valence-electron chi connectivity index (χ2n) is 4.09. The molecule has 0 aliphatic rings. The summed E-state index contributed by atoms with van der Waals surface area (Å²) < 4.78 is 12.8. The molecule has 2 rings (SSSR count). The summed E-state index contributed by atoms with van der Waals surface area (Å²) in [5.41, 5.74) is 1.76. The van der Waals surface area contributed by atoms with Gasteiger partial charge >= 0.3 is 0 Å². The number of benzene rings is 1. The Hall–Kier alpha value is -1.93. The van der Waals surface area contributed by atoms with Gasteiger partial charge in [0, 0.05) is 23.9 Å². The first-order chi connectivity index (χ1) is 9.29. The van der Waals surface area contributed by atoms with Crippen LogP contribution in [0.2, 0.25) is 0 Å². The zero-order valence-electron chi connectivity index (χ0n) is 10.4. The standard InChI is InChI=1S/C14H14FN3S/c15-12-6-4-11(5-7-12)13-10-19-14(18-13)17-9-3-1-2-8-16/h4-7,10H,1-3,9H2,(H,17,18). The molecule has 1 aromatic carbocycles. The van der Waals surface area contributed by atoms with Crippen molar-refractivity contribution in [1.29, 1.82) is 5.26 Å². The first-order valence-corrected chi connectivity index (χ1v) is 7.00. The highest BCUT2D eigenvalue weighted by atomic mass is 32.1. The van der Waals surface area contributed by atoms with E-state index >= 15 is 0 Å². The Labute approximate surface area is 115 Å². The van der Waals surface area contributed by atoms with Crippen molar-refractivity contribution in [3.8, 4) is 17.3 Å². The van der Waals surface area contributed by atoms with E-state index in [4.69, 9.17) is 5.26 Å². The van der Waals surface area contributed by atoms with Gasteiger partial charge in [-0.1, -0.05) is 0 Å². The molecule has 3 nitrogen and oxygen atoms in total. The Kier molecular flexibility index (Phi) is 4.87. The average molecular weight is 275 g/mol. The van der Waals surface area contributed by atoms with Crippen molar-refractivity contribution in [1.82, 2.24) is 4.98 Å². The van der Waals surface area contributed by atoms with Crippen LogP contribution in [0.25, 0.3) is 11.3 Å². The van der Waals surface area contributed by atoms with Crippen LogP contribution in [0.15, 0.2) is 29.6 Å². The van der Waals surface area contributed by atoms with Crippen molar-refractivity contribution in [2.75, 3.05) is 11.9 Å². The largest absolute Gasteiger partial charge is 0.362 e. The topological polar surface area (TPSA) is 48.7 Å². The maximum absolute atomic E-state index is 12.8. The van der Waals surface area contributed by atoms with E-state index in [9.17, 15) is 4.39 Å². The van der Waals surface area contributed by atoms with Gasteiger partial charge in [-0.2, -0.15) is 5.26 Å². The monoisotopic (exact) mass is 275 g/mol. The molecule has 0 saturated carbocycles. The molecule has 2 aromatic rings. The first-order valence-electron chi connectivity index (χ1n) is 6.12. The lowest BCUT2D eigenvalue weighted by Gasteiger charge is -2.00. The van der Waals surface area contributed by atoms with Gasteiger partial charge in [-0.15, -0.1) is 11.3 Å². The number of nitrogens with zero attached hydrogens (tertiary/aromatic N) is 2. The van der Waals surface area contributed by atoms with Crippen molar-refractivity contribution >= 4 is 16.5 Å². The third kappa shape index (κ3) is 4.04. The number of nitrogens with one attached hydrogen (secondary N) is 1. The fourth-order valence-corrected chi connectivity index (χ4v) is 2.38. The fraction of sp³-hybridized carbons (Fsp3) is 0.286. The summed E-state index contributed by atoms with van der Waals surface area (Å²) in [7, 11) is 0. The smallest absolute Gasteiger partial charge is 0.183 e. The third-order valence-corrected chi connectivity index (χ3v) is 3.44. The van der Waals surface area contributed by atoms with Gasteiger partial charge in [0.25, 0.3) is 0 Å². The molecule has 0 unspecified atom stereocenters. The van der Waals surface area contributed by atoms with E-state index in [0.29, 0.717) is 6.42 Å². The van der Waals surface area contributed by atoms with Gasteiger partial charge in [0.05, 0.1) is 11.8 Å². The van der Waals surface area contributed by atoms with Crippen LogP contribution in [0.5, 0.6) is 0 Å². The van der Waals surface area contributed by atoms with Crippen LogP contribution in [-0.2, 0) is 0 Å². The molecule has 98 valence electrons. The number of rotatable bonds is 6. The van der Waals surface area contributed by atoms with Crippen molar-refractivity contribution in [2.45, 2.75) is 19.3 Å². The quantitative estimate of drug-likeness (QED) is 0.809. The van der Waals surface area contributed by atoms with E-state index in [1.807, 2.05) is 5.38 Å². The molecule has 0 fully saturated rings. The van der Waals surface area contributed by atoms with Gasteiger partial charge in [0.2, 0.25) is 0 Å². The summed E-state index contributed by atoms with van der Waals surface area (Å²) in [6.45, 7) is 0.818. The summed E-state index contributed by atoms with van der Waals surface area (Å²) in [4.78, 5) is 4.45. The van der Waals surface area contributed by atoms with Gasteiger partial charge in [-0.25, -0.2) is 9.37 Å². The van der Waals surface area contributed by atoms with E-state index in [2.05, 4.69) is 16.4 Å². The average Bonchev–Trinajstić information content (AvgIpc) is 2.88. The van der Waals surface area contributed by atoms with Crippen LogP contribution in [0.1, 0.15) is 19.3 Å². The lowest BCUT2D eigenvalue weighted by Crippen LogP contribution is -2.00. The normalized spacial score (nSPS) is 10.1. The van der Waals surface area contributed by atoms with E-state index in [1.165, 1.54) is 23.5 Å². The second kappa shape index (κ2) is 6.86. The van der Waals surface area contributed by atoms with Crippen molar-refractivity contribution in [3.05, 3.63) is 35.5 Å². The Morgan fingerprint density at radius 3 is 2.79 bits per heavy atom. The lowest BCUT2D eigenvalue weighted by molar-refractivity contribution is 0.628. The van der Waals surface area contributed by atoms with Crippen molar-refractivity contribution in [2.24, 2.45) is 0 Å². The number of nitriles is 1. The van der Waals surface area contributed by atoms with Gasteiger partial charge in [-0.05, 0) is 37.1 Å². The second-order valence-corrected chi connectivity index (χ2v) is 4.94. The Morgan fingerprint density at radius 2 is 2.05 bits per heavy atom. The summed E-state index contributed by atoms with van der Waals surface area (Å²) in [6.07, 6.45) is 2.46. The molecule has 0 amide bonds. The van der Waals surface area contributed by atoms with E-state index in [-0.39, 0.29) is 5.82 Å². The lowest BCUT2D eigenvalue weighted by atomic mass is 10.2. The Bertz CT molecular complexity index is 557. The van der Waals surface area contributed by atoms with Crippen LogP contribution in [0.3, 0.4) is 0 Å².